The molecule has 0 aliphatic carbocycles. The van der Waals surface area contributed by atoms with Gasteiger partial charge in [-0.2, -0.15) is 0 Å². The minimum Gasteiger partial charge on any atom is -0.361 e. The van der Waals surface area contributed by atoms with Crippen molar-refractivity contribution in [1.29, 1.82) is 0 Å². The fourth-order valence-electron chi connectivity index (χ4n) is 3.57. The van der Waals surface area contributed by atoms with Crippen molar-refractivity contribution in [2.75, 3.05) is 6.54 Å². The van der Waals surface area contributed by atoms with E-state index in [4.69, 9.17) is 4.98 Å². The number of fused-ring (bicyclic) bond motifs is 2. The summed E-state index contributed by atoms with van der Waals surface area (Å²) >= 11 is 0. The fraction of sp³-hybridized carbons (Fsp3) is 0.190. The van der Waals surface area contributed by atoms with Crippen molar-refractivity contribution in [3.63, 3.8) is 0 Å². The summed E-state index contributed by atoms with van der Waals surface area (Å²) in [6, 6.07) is 14.6. The van der Waals surface area contributed by atoms with E-state index in [0.717, 1.165) is 37.4 Å². The van der Waals surface area contributed by atoms with E-state index in [2.05, 4.69) is 44.1 Å². The number of pyridine rings is 1. The molecule has 0 spiro atoms. The second kappa shape index (κ2) is 6.35. The summed E-state index contributed by atoms with van der Waals surface area (Å²) in [6.07, 6.45) is 6.73. The van der Waals surface area contributed by atoms with Crippen LogP contribution in [-0.2, 0) is 19.5 Å². The van der Waals surface area contributed by atoms with Crippen LogP contribution in [0, 0.1) is 0 Å². The van der Waals surface area contributed by atoms with Crippen LogP contribution in [0.25, 0.3) is 22.4 Å². The molecule has 1 aliphatic heterocycles. The van der Waals surface area contributed by atoms with Gasteiger partial charge in [0.2, 0.25) is 0 Å². The first-order valence-corrected chi connectivity index (χ1v) is 8.90. The Morgan fingerprint density at radius 2 is 2.08 bits per heavy atom. The highest BCUT2D eigenvalue weighted by Gasteiger charge is 2.19. The van der Waals surface area contributed by atoms with Crippen molar-refractivity contribution in [2.45, 2.75) is 19.5 Å². The Kier molecular flexibility index (Phi) is 3.72. The van der Waals surface area contributed by atoms with Crippen molar-refractivity contribution in [2.24, 2.45) is 0 Å². The first-order valence-electron chi connectivity index (χ1n) is 8.90. The predicted octanol–water partition coefficient (Wildman–Crippen LogP) is 3.58. The number of nitrogens with one attached hydrogen (secondary N) is 1. The highest BCUT2D eigenvalue weighted by atomic mass is 15.1. The lowest BCUT2D eigenvalue weighted by Crippen LogP contribution is -2.31. The van der Waals surface area contributed by atoms with E-state index in [0.29, 0.717) is 5.82 Å². The minimum absolute atomic E-state index is 0.708. The van der Waals surface area contributed by atoms with Gasteiger partial charge >= 0.3 is 0 Å². The van der Waals surface area contributed by atoms with Crippen molar-refractivity contribution >= 4 is 10.9 Å². The Labute approximate surface area is 151 Å². The number of rotatable bonds is 3. The molecule has 5 nitrogen and oxygen atoms in total. The van der Waals surface area contributed by atoms with Crippen LogP contribution in [0.2, 0.25) is 0 Å². The van der Waals surface area contributed by atoms with Crippen LogP contribution in [-0.4, -0.2) is 31.4 Å². The third-order valence-electron chi connectivity index (χ3n) is 4.94. The van der Waals surface area contributed by atoms with E-state index >= 15 is 0 Å². The maximum atomic E-state index is 4.80. The molecule has 128 valence electrons. The summed E-state index contributed by atoms with van der Waals surface area (Å²) in [7, 11) is 0. The van der Waals surface area contributed by atoms with Crippen molar-refractivity contribution in [3.05, 3.63) is 77.9 Å². The maximum Gasteiger partial charge on any atom is 0.178 e. The molecule has 0 fully saturated rings. The average molecular weight is 341 g/mol. The first kappa shape index (κ1) is 15.2. The molecule has 3 aromatic heterocycles. The van der Waals surface area contributed by atoms with Gasteiger partial charge in [0.25, 0.3) is 0 Å². The van der Waals surface area contributed by atoms with Gasteiger partial charge in [-0.25, -0.2) is 9.97 Å². The van der Waals surface area contributed by atoms with E-state index < -0.39 is 0 Å². The molecule has 1 aliphatic rings. The molecule has 0 bridgehead atoms. The Morgan fingerprint density at radius 3 is 3.00 bits per heavy atom. The molecule has 1 N–H and O–H groups in total. The first-order chi connectivity index (χ1) is 12.8. The third kappa shape index (κ3) is 2.86. The lowest BCUT2D eigenvalue weighted by atomic mass is 10.1. The lowest BCUT2D eigenvalue weighted by molar-refractivity contribution is 0.241. The monoisotopic (exact) mass is 341 g/mol. The highest BCUT2D eigenvalue weighted by Crippen LogP contribution is 2.22. The van der Waals surface area contributed by atoms with Gasteiger partial charge in [0, 0.05) is 43.7 Å². The van der Waals surface area contributed by atoms with Gasteiger partial charge in [-0.15, -0.1) is 0 Å². The molecular formula is C21H19N5. The molecule has 5 heteroatoms. The van der Waals surface area contributed by atoms with Crippen molar-refractivity contribution in [1.82, 2.24) is 24.8 Å². The predicted molar refractivity (Wildman–Crippen MR) is 101 cm³/mol. The van der Waals surface area contributed by atoms with Crippen LogP contribution in [0.1, 0.15) is 16.8 Å². The topological polar surface area (TPSA) is 57.7 Å². The van der Waals surface area contributed by atoms with Gasteiger partial charge in [0.05, 0.1) is 5.69 Å². The smallest absolute Gasteiger partial charge is 0.178 e. The average Bonchev–Trinajstić information content (AvgIpc) is 3.16. The normalized spacial score (nSPS) is 14.5. The minimum atomic E-state index is 0.708. The molecule has 0 saturated heterocycles. The van der Waals surface area contributed by atoms with E-state index in [9.17, 15) is 0 Å². The Hall–Kier alpha value is -3.05. The van der Waals surface area contributed by atoms with Crippen LogP contribution < -0.4 is 0 Å². The Morgan fingerprint density at radius 1 is 1.08 bits per heavy atom. The molecule has 0 saturated carbocycles. The molecule has 0 unspecified atom stereocenters. The largest absolute Gasteiger partial charge is 0.361 e. The van der Waals surface area contributed by atoms with Crippen LogP contribution in [0.5, 0.6) is 0 Å². The number of hydrogen-bond acceptors (Lipinski definition) is 4. The van der Waals surface area contributed by atoms with E-state index in [-0.39, 0.29) is 0 Å². The van der Waals surface area contributed by atoms with Gasteiger partial charge in [-0.3, -0.25) is 9.88 Å². The quantitative estimate of drug-likeness (QED) is 0.619. The lowest BCUT2D eigenvalue weighted by Gasteiger charge is -2.28. The van der Waals surface area contributed by atoms with Crippen LogP contribution >= 0.6 is 0 Å². The second-order valence-corrected chi connectivity index (χ2v) is 6.74. The van der Waals surface area contributed by atoms with E-state index in [1.54, 1.807) is 6.20 Å². The van der Waals surface area contributed by atoms with Gasteiger partial charge < -0.3 is 4.98 Å². The SMILES string of the molecule is c1ccc(-c2ncc3c(n2)CN(Cc2ccc4[nH]ccc4c2)CC3)nc1. The summed E-state index contributed by atoms with van der Waals surface area (Å²) in [6.45, 7) is 2.82. The molecule has 4 heterocycles. The molecule has 4 aromatic rings. The maximum absolute atomic E-state index is 4.80. The van der Waals surface area contributed by atoms with Gasteiger partial charge in [-0.1, -0.05) is 12.1 Å². The number of hydrogen-bond donors (Lipinski definition) is 1. The zero-order valence-electron chi connectivity index (χ0n) is 14.4. The zero-order chi connectivity index (χ0) is 17.3. The van der Waals surface area contributed by atoms with Crippen LogP contribution in [0.4, 0.5) is 0 Å². The third-order valence-corrected chi connectivity index (χ3v) is 4.94. The molecule has 0 atom stereocenters. The molecule has 1 aromatic carbocycles. The van der Waals surface area contributed by atoms with Crippen LogP contribution in [0.3, 0.4) is 0 Å². The number of nitrogens with zero attached hydrogens (tertiary/aromatic N) is 4. The van der Waals surface area contributed by atoms with E-state index in [1.807, 2.05) is 30.6 Å². The van der Waals surface area contributed by atoms with Gasteiger partial charge in [0.15, 0.2) is 5.82 Å². The summed E-state index contributed by atoms with van der Waals surface area (Å²) < 4.78 is 0. The molecular weight excluding hydrogens is 322 g/mol. The number of aromatic amines is 1. The summed E-state index contributed by atoms with van der Waals surface area (Å²) in [5, 5.41) is 1.26. The Bertz CT molecular complexity index is 1050. The highest BCUT2D eigenvalue weighted by molar-refractivity contribution is 5.79. The summed E-state index contributed by atoms with van der Waals surface area (Å²) in [4.78, 5) is 19.4. The second-order valence-electron chi connectivity index (χ2n) is 6.74. The van der Waals surface area contributed by atoms with E-state index in [1.165, 1.54) is 22.0 Å². The standard InChI is InChI=1S/C21H19N5/c1-2-8-22-19(3-1)21-24-12-17-7-10-26(14-20(17)25-21)13-15-4-5-18-16(11-15)6-9-23-18/h1-6,8-9,11-12,23H,7,10,13-14H2. The van der Waals surface area contributed by atoms with Gasteiger partial charge in [-0.05, 0) is 53.3 Å². The number of benzene rings is 1. The van der Waals surface area contributed by atoms with Crippen molar-refractivity contribution < 1.29 is 0 Å². The summed E-state index contributed by atoms with van der Waals surface area (Å²) in [5.74, 6) is 0.708. The van der Waals surface area contributed by atoms with Crippen molar-refractivity contribution in [3.8, 4) is 11.5 Å². The number of H-pyrrole nitrogens is 1. The molecule has 5 rings (SSSR count). The fourth-order valence-corrected chi connectivity index (χ4v) is 3.57. The molecule has 0 amide bonds. The summed E-state index contributed by atoms with van der Waals surface area (Å²) in [5.41, 5.74) is 5.71. The zero-order valence-corrected chi connectivity index (χ0v) is 14.4. The number of aromatic nitrogens is 4. The molecule has 26 heavy (non-hydrogen) atoms. The van der Waals surface area contributed by atoms with Crippen LogP contribution in [0.15, 0.2) is 61.1 Å². The Balaban J connectivity index is 1.38. The molecule has 0 radical (unpaired) electrons. The van der Waals surface area contributed by atoms with Gasteiger partial charge in [0.1, 0.15) is 5.69 Å².